The molecule has 0 radical (unpaired) electrons. The van der Waals surface area contributed by atoms with Crippen molar-refractivity contribution in [3.05, 3.63) is 29.5 Å². The third kappa shape index (κ3) is 2.82. The fourth-order valence-corrected chi connectivity index (χ4v) is 5.29. The number of nitrogens with one attached hydrogen (secondary N) is 2. The third-order valence-electron chi connectivity index (χ3n) is 6.59. The van der Waals surface area contributed by atoms with Crippen LogP contribution in [-0.2, 0) is 12.1 Å². The van der Waals surface area contributed by atoms with Crippen LogP contribution in [0.2, 0.25) is 0 Å². The number of furan rings is 1. The summed E-state index contributed by atoms with van der Waals surface area (Å²) in [6.07, 6.45) is 7.55. The highest BCUT2D eigenvalue weighted by Crippen LogP contribution is 2.46. The Morgan fingerprint density at radius 2 is 2.07 bits per heavy atom. The molecule has 2 fully saturated rings. The standard InChI is InChI=1S/C21H27N3O3/c25-13-15-5-4-10-24(15)12-16-11-14-6-7-17-18(19(14)27-16)21(23-20(26)22-17)8-2-1-3-9-21/h6-7,11,15,25H,1-5,8-10,12-13H2,(H2,22,23,26). The predicted molar refractivity (Wildman–Crippen MR) is 104 cm³/mol. The summed E-state index contributed by atoms with van der Waals surface area (Å²) in [6, 6.07) is 6.29. The number of benzene rings is 1. The van der Waals surface area contributed by atoms with Gasteiger partial charge in [-0.1, -0.05) is 19.3 Å². The number of carbonyl (C=O) groups is 1. The molecule has 2 aliphatic heterocycles. The van der Waals surface area contributed by atoms with Gasteiger partial charge in [-0.3, -0.25) is 4.90 Å². The third-order valence-corrected chi connectivity index (χ3v) is 6.59. The van der Waals surface area contributed by atoms with Gasteiger partial charge in [0.2, 0.25) is 0 Å². The van der Waals surface area contributed by atoms with Gasteiger partial charge in [-0.25, -0.2) is 4.79 Å². The van der Waals surface area contributed by atoms with Crippen molar-refractivity contribution < 1.29 is 14.3 Å². The summed E-state index contributed by atoms with van der Waals surface area (Å²) in [6.45, 7) is 1.93. The van der Waals surface area contributed by atoms with Gasteiger partial charge >= 0.3 is 6.03 Å². The van der Waals surface area contributed by atoms with Crippen LogP contribution in [-0.4, -0.2) is 35.2 Å². The zero-order valence-electron chi connectivity index (χ0n) is 15.6. The van der Waals surface area contributed by atoms with E-state index in [1.807, 2.05) is 12.1 Å². The van der Waals surface area contributed by atoms with Crippen molar-refractivity contribution in [2.45, 2.75) is 63.1 Å². The van der Waals surface area contributed by atoms with Crippen LogP contribution in [0.3, 0.4) is 0 Å². The minimum atomic E-state index is -0.314. The lowest BCUT2D eigenvalue weighted by Gasteiger charge is -2.42. The quantitative estimate of drug-likeness (QED) is 0.771. The minimum absolute atomic E-state index is 0.113. The van der Waals surface area contributed by atoms with Crippen molar-refractivity contribution >= 4 is 22.7 Å². The normalized spacial score (nSPS) is 24.8. The Bertz CT molecular complexity index is 869. The topological polar surface area (TPSA) is 77.7 Å². The number of amides is 2. The first-order valence-corrected chi connectivity index (χ1v) is 10.2. The molecular weight excluding hydrogens is 342 g/mol. The van der Waals surface area contributed by atoms with Gasteiger partial charge in [-0.05, 0) is 50.4 Å². The van der Waals surface area contributed by atoms with E-state index in [4.69, 9.17) is 4.42 Å². The number of likely N-dealkylation sites (tertiary alicyclic amines) is 1. The van der Waals surface area contributed by atoms with Crippen molar-refractivity contribution in [2.75, 3.05) is 18.5 Å². The Morgan fingerprint density at radius 3 is 2.89 bits per heavy atom. The van der Waals surface area contributed by atoms with E-state index in [-0.39, 0.29) is 24.2 Å². The summed E-state index contributed by atoms with van der Waals surface area (Å²) < 4.78 is 6.37. The molecule has 1 aromatic carbocycles. The number of hydrogen-bond donors (Lipinski definition) is 3. The minimum Gasteiger partial charge on any atom is -0.459 e. The number of aliphatic hydroxyl groups is 1. The van der Waals surface area contributed by atoms with E-state index in [1.165, 1.54) is 6.42 Å². The largest absolute Gasteiger partial charge is 0.459 e. The van der Waals surface area contributed by atoms with Crippen LogP contribution in [0, 0.1) is 0 Å². The maximum absolute atomic E-state index is 12.3. The molecule has 6 heteroatoms. The summed E-state index contributed by atoms with van der Waals surface area (Å²) in [4.78, 5) is 14.6. The van der Waals surface area contributed by atoms with E-state index < -0.39 is 0 Å². The molecule has 3 N–H and O–H groups in total. The Morgan fingerprint density at radius 1 is 1.22 bits per heavy atom. The van der Waals surface area contributed by atoms with Crippen LogP contribution in [0.5, 0.6) is 0 Å². The number of carbonyl (C=O) groups excluding carboxylic acids is 1. The summed E-state index contributed by atoms with van der Waals surface area (Å²) in [5.74, 6) is 0.932. The first-order valence-electron chi connectivity index (χ1n) is 10.2. The zero-order chi connectivity index (χ0) is 18.4. The number of fused-ring (bicyclic) bond motifs is 4. The highest BCUT2D eigenvalue weighted by atomic mass is 16.3. The second-order valence-corrected chi connectivity index (χ2v) is 8.29. The average Bonchev–Trinajstić information content (AvgIpc) is 3.28. The molecule has 5 rings (SSSR count). The fourth-order valence-electron chi connectivity index (χ4n) is 5.29. The molecule has 1 aliphatic carbocycles. The van der Waals surface area contributed by atoms with E-state index >= 15 is 0 Å². The molecular formula is C21H27N3O3. The number of anilines is 1. The maximum Gasteiger partial charge on any atom is 0.319 e. The molecule has 1 saturated heterocycles. The molecule has 3 heterocycles. The molecule has 0 bridgehead atoms. The van der Waals surface area contributed by atoms with Crippen LogP contribution in [0.4, 0.5) is 10.5 Å². The lowest BCUT2D eigenvalue weighted by atomic mass is 9.74. The number of hydrogen-bond acceptors (Lipinski definition) is 4. The maximum atomic E-state index is 12.3. The van der Waals surface area contributed by atoms with E-state index in [2.05, 4.69) is 21.6 Å². The van der Waals surface area contributed by atoms with Crippen molar-refractivity contribution in [1.82, 2.24) is 10.2 Å². The molecule has 27 heavy (non-hydrogen) atoms. The highest BCUT2D eigenvalue weighted by molar-refractivity contribution is 5.99. The Kier molecular flexibility index (Phi) is 4.13. The summed E-state index contributed by atoms with van der Waals surface area (Å²) >= 11 is 0. The van der Waals surface area contributed by atoms with Gasteiger partial charge in [0.15, 0.2) is 0 Å². The van der Waals surface area contributed by atoms with Crippen molar-refractivity contribution in [3.8, 4) is 0 Å². The average molecular weight is 369 g/mol. The van der Waals surface area contributed by atoms with Gasteiger partial charge in [-0.2, -0.15) is 0 Å². The van der Waals surface area contributed by atoms with Crippen LogP contribution >= 0.6 is 0 Å². The van der Waals surface area contributed by atoms with E-state index in [9.17, 15) is 9.90 Å². The van der Waals surface area contributed by atoms with E-state index in [1.54, 1.807) is 0 Å². The van der Waals surface area contributed by atoms with Crippen molar-refractivity contribution in [3.63, 3.8) is 0 Å². The van der Waals surface area contributed by atoms with Gasteiger partial charge < -0.3 is 20.2 Å². The number of rotatable bonds is 3. The molecule has 144 valence electrons. The zero-order valence-corrected chi connectivity index (χ0v) is 15.6. The highest BCUT2D eigenvalue weighted by Gasteiger charge is 2.42. The van der Waals surface area contributed by atoms with E-state index in [0.717, 1.165) is 79.6 Å². The first kappa shape index (κ1) is 17.1. The Balaban J connectivity index is 1.56. The molecule has 3 aliphatic rings. The summed E-state index contributed by atoms with van der Waals surface area (Å²) in [7, 11) is 0. The van der Waals surface area contributed by atoms with Gasteiger partial charge in [0.05, 0.1) is 24.4 Å². The van der Waals surface area contributed by atoms with Gasteiger partial charge in [-0.15, -0.1) is 0 Å². The Labute approximate surface area is 158 Å². The second kappa shape index (κ2) is 6.53. The number of urea groups is 1. The van der Waals surface area contributed by atoms with Crippen LogP contribution < -0.4 is 10.6 Å². The summed E-state index contributed by atoms with van der Waals surface area (Å²) in [5, 5.41) is 16.9. The molecule has 6 nitrogen and oxygen atoms in total. The molecule has 2 amide bonds. The lowest BCUT2D eigenvalue weighted by Crippen LogP contribution is -2.52. The van der Waals surface area contributed by atoms with Crippen LogP contribution in [0.15, 0.2) is 22.6 Å². The van der Waals surface area contributed by atoms with E-state index in [0.29, 0.717) is 0 Å². The van der Waals surface area contributed by atoms with Crippen molar-refractivity contribution in [1.29, 1.82) is 0 Å². The Hall–Kier alpha value is -2.05. The SMILES string of the molecule is O=C1Nc2ccc3cc(CN4CCCC4CO)oc3c2C2(CCCCC2)N1. The molecule has 1 aromatic heterocycles. The van der Waals surface area contributed by atoms with Crippen molar-refractivity contribution in [2.24, 2.45) is 0 Å². The van der Waals surface area contributed by atoms with Gasteiger partial charge in [0.1, 0.15) is 11.3 Å². The fraction of sp³-hybridized carbons (Fsp3) is 0.571. The predicted octanol–water partition coefficient (Wildman–Crippen LogP) is 3.68. The van der Waals surface area contributed by atoms with Gasteiger partial charge in [0.25, 0.3) is 0 Å². The molecule has 1 unspecified atom stereocenters. The molecule has 2 aromatic rings. The smallest absolute Gasteiger partial charge is 0.319 e. The number of nitrogens with zero attached hydrogens (tertiary/aromatic N) is 1. The molecule has 1 atom stereocenters. The monoisotopic (exact) mass is 369 g/mol. The molecule has 1 saturated carbocycles. The molecule has 1 spiro atoms. The summed E-state index contributed by atoms with van der Waals surface area (Å²) in [5.41, 5.74) is 2.58. The van der Waals surface area contributed by atoms with Crippen LogP contribution in [0.25, 0.3) is 11.0 Å². The van der Waals surface area contributed by atoms with Gasteiger partial charge in [0, 0.05) is 17.0 Å². The second-order valence-electron chi connectivity index (χ2n) is 8.29. The van der Waals surface area contributed by atoms with Crippen LogP contribution in [0.1, 0.15) is 56.3 Å². The first-order chi connectivity index (χ1) is 13.2. The lowest BCUT2D eigenvalue weighted by molar-refractivity contribution is 0.147. The number of aliphatic hydroxyl groups excluding tert-OH is 1.